The number of thioether (sulfide) groups is 1. The summed E-state index contributed by atoms with van der Waals surface area (Å²) in [5, 5.41) is 3.28. The van der Waals surface area contributed by atoms with Crippen LogP contribution in [0.15, 0.2) is 46.6 Å². The van der Waals surface area contributed by atoms with Crippen molar-refractivity contribution in [3.63, 3.8) is 0 Å². The van der Waals surface area contributed by atoms with Gasteiger partial charge in [-0.05, 0) is 31.2 Å². The van der Waals surface area contributed by atoms with E-state index in [1.54, 1.807) is 25.1 Å². The zero-order valence-electron chi connectivity index (χ0n) is 15.0. The minimum absolute atomic E-state index is 0.126. The highest BCUT2D eigenvalue weighted by atomic mass is 35.5. The Morgan fingerprint density at radius 2 is 1.96 bits per heavy atom. The lowest BCUT2D eigenvalue weighted by Crippen LogP contribution is -2.40. The number of nitrogens with zero attached hydrogens (tertiary/aromatic N) is 3. The van der Waals surface area contributed by atoms with Crippen molar-refractivity contribution in [1.82, 2.24) is 14.3 Å². The average molecular weight is 443 g/mol. The highest BCUT2D eigenvalue weighted by Crippen LogP contribution is 2.24. The van der Waals surface area contributed by atoms with Crippen molar-refractivity contribution in [3.05, 3.63) is 41.7 Å². The van der Waals surface area contributed by atoms with Crippen LogP contribution in [0.25, 0.3) is 0 Å². The van der Waals surface area contributed by atoms with E-state index in [1.807, 2.05) is 0 Å². The van der Waals surface area contributed by atoms with Crippen molar-refractivity contribution < 1.29 is 17.9 Å². The molecule has 1 fully saturated rings. The fourth-order valence-electron chi connectivity index (χ4n) is 2.44. The molecule has 0 aromatic carbocycles. The van der Waals surface area contributed by atoms with Gasteiger partial charge in [-0.15, -0.1) is 0 Å². The van der Waals surface area contributed by atoms with Gasteiger partial charge in [-0.25, -0.2) is 18.4 Å². The van der Waals surface area contributed by atoms with Crippen molar-refractivity contribution in [2.45, 2.75) is 22.1 Å². The number of pyridine rings is 2. The van der Waals surface area contributed by atoms with Crippen molar-refractivity contribution >= 4 is 45.1 Å². The van der Waals surface area contributed by atoms with E-state index in [4.69, 9.17) is 16.3 Å². The number of rotatable bonds is 6. The molecule has 0 saturated carbocycles. The number of carbonyl (C=O) groups is 1. The number of hydrogen-bond donors (Lipinski definition) is 1. The predicted molar refractivity (Wildman–Crippen MR) is 107 cm³/mol. The van der Waals surface area contributed by atoms with Crippen LogP contribution in [0.4, 0.5) is 5.82 Å². The van der Waals surface area contributed by atoms with E-state index in [2.05, 4.69) is 15.3 Å². The zero-order valence-corrected chi connectivity index (χ0v) is 17.4. The maximum Gasteiger partial charge on any atom is 0.244 e. The first-order valence-electron chi connectivity index (χ1n) is 8.49. The van der Waals surface area contributed by atoms with Gasteiger partial charge in [-0.3, -0.25) is 4.79 Å². The van der Waals surface area contributed by atoms with Gasteiger partial charge >= 0.3 is 0 Å². The summed E-state index contributed by atoms with van der Waals surface area (Å²) in [6, 6.07) is 6.35. The molecule has 1 aliphatic rings. The standard InChI is InChI=1S/C17H19ClN4O4S2/c1-12(17(23)21-15-4-2-13(18)10-19-15)27-16-5-3-14(11-20-16)28(24,25)22-6-8-26-9-7-22/h2-5,10-12H,6-9H2,1H3,(H,19,21,23). The highest BCUT2D eigenvalue weighted by Gasteiger charge is 2.26. The molecule has 1 aliphatic heterocycles. The lowest BCUT2D eigenvalue weighted by atomic mass is 10.4. The van der Waals surface area contributed by atoms with Crippen molar-refractivity contribution in [1.29, 1.82) is 0 Å². The number of carbonyl (C=O) groups excluding carboxylic acids is 1. The van der Waals surface area contributed by atoms with Crippen LogP contribution in [0.5, 0.6) is 0 Å². The van der Waals surface area contributed by atoms with Crippen LogP contribution in [0, 0.1) is 0 Å². The van der Waals surface area contributed by atoms with E-state index in [0.717, 1.165) is 0 Å². The van der Waals surface area contributed by atoms with Crippen LogP contribution in [0.2, 0.25) is 5.02 Å². The molecule has 2 aromatic rings. The first-order chi connectivity index (χ1) is 13.4. The smallest absolute Gasteiger partial charge is 0.244 e. The summed E-state index contributed by atoms with van der Waals surface area (Å²) in [6.45, 7) is 3.16. The molecule has 28 heavy (non-hydrogen) atoms. The number of ether oxygens (including phenoxy) is 1. The second-order valence-electron chi connectivity index (χ2n) is 5.96. The minimum Gasteiger partial charge on any atom is -0.379 e. The van der Waals surface area contributed by atoms with Gasteiger partial charge < -0.3 is 10.1 Å². The third-order valence-electron chi connectivity index (χ3n) is 3.96. The Labute approximate surface area is 172 Å². The normalized spacial score (nSPS) is 16.5. The number of anilines is 1. The Morgan fingerprint density at radius 1 is 1.21 bits per heavy atom. The number of nitrogens with one attached hydrogen (secondary N) is 1. The Balaban J connectivity index is 1.61. The summed E-state index contributed by atoms with van der Waals surface area (Å²) in [4.78, 5) is 20.6. The third-order valence-corrected chi connectivity index (χ3v) is 7.12. The lowest BCUT2D eigenvalue weighted by Gasteiger charge is -2.25. The molecule has 0 aliphatic carbocycles. The van der Waals surface area contributed by atoms with Crippen LogP contribution in [0.1, 0.15) is 6.92 Å². The third kappa shape index (κ3) is 5.21. The lowest BCUT2D eigenvalue weighted by molar-refractivity contribution is -0.115. The van der Waals surface area contributed by atoms with Crippen LogP contribution >= 0.6 is 23.4 Å². The molecule has 1 atom stereocenters. The second-order valence-corrected chi connectivity index (χ2v) is 9.70. The van der Waals surface area contributed by atoms with Gasteiger partial charge in [0.05, 0.1) is 28.5 Å². The molecule has 1 N–H and O–H groups in total. The van der Waals surface area contributed by atoms with Gasteiger partial charge in [-0.1, -0.05) is 23.4 Å². The quantitative estimate of drug-likeness (QED) is 0.684. The van der Waals surface area contributed by atoms with Crippen LogP contribution in [-0.4, -0.2) is 60.2 Å². The van der Waals surface area contributed by atoms with Gasteiger partial charge in [0, 0.05) is 25.5 Å². The highest BCUT2D eigenvalue weighted by molar-refractivity contribution is 8.00. The molecule has 150 valence electrons. The number of sulfonamides is 1. The van der Waals surface area contributed by atoms with Crippen molar-refractivity contribution in [2.75, 3.05) is 31.6 Å². The summed E-state index contributed by atoms with van der Waals surface area (Å²) in [5.41, 5.74) is 0. The van der Waals surface area contributed by atoms with E-state index < -0.39 is 15.3 Å². The summed E-state index contributed by atoms with van der Waals surface area (Å²) >= 11 is 7.00. The molecule has 11 heteroatoms. The first kappa shape index (κ1) is 21.0. The zero-order chi connectivity index (χ0) is 20.1. The van der Waals surface area contributed by atoms with Gasteiger partial charge in [0.15, 0.2) is 0 Å². The first-order valence-corrected chi connectivity index (χ1v) is 11.2. The summed E-state index contributed by atoms with van der Waals surface area (Å²) in [5.74, 6) is 0.161. The SMILES string of the molecule is CC(Sc1ccc(S(=O)(=O)N2CCOCC2)cn1)C(=O)Nc1ccc(Cl)cn1. The molecular weight excluding hydrogens is 424 g/mol. The van der Waals surface area contributed by atoms with E-state index in [9.17, 15) is 13.2 Å². The number of hydrogen-bond acceptors (Lipinski definition) is 7. The van der Waals surface area contributed by atoms with Gasteiger partial charge in [0.2, 0.25) is 15.9 Å². The topological polar surface area (TPSA) is 101 Å². The van der Waals surface area contributed by atoms with Crippen LogP contribution < -0.4 is 5.32 Å². The molecular formula is C17H19ClN4O4S2. The molecule has 0 bridgehead atoms. The molecule has 0 spiro atoms. The average Bonchev–Trinajstić information content (AvgIpc) is 2.70. The van der Waals surface area contributed by atoms with Gasteiger partial charge in [-0.2, -0.15) is 4.31 Å². The molecule has 3 heterocycles. The van der Waals surface area contributed by atoms with E-state index in [0.29, 0.717) is 42.2 Å². The largest absolute Gasteiger partial charge is 0.379 e. The van der Waals surface area contributed by atoms with Gasteiger partial charge in [0.25, 0.3) is 0 Å². The maximum absolute atomic E-state index is 12.6. The van der Waals surface area contributed by atoms with Crippen molar-refractivity contribution in [3.8, 4) is 0 Å². The Kier molecular flexibility index (Phi) is 6.89. The van der Waals surface area contributed by atoms with Crippen LogP contribution in [0.3, 0.4) is 0 Å². The fraction of sp³-hybridized carbons (Fsp3) is 0.353. The number of amides is 1. The number of halogens is 1. The molecule has 2 aromatic heterocycles. The molecule has 0 radical (unpaired) electrons. The monoisotopic (exact) mass is 442 g/mol. The summed E-state index contributed by atoms with van der Waals surface area (Å²) in [6.07, 6.45) is 2.77. The molecule has 1 amide bonds. The Hall–Kier alpha value is -1.72. The Bertz CT molecular complexity index is 917. The second kappa shape index (κ2) is 9.19. The predicted octanol–water partition coefficient (Wildman–Crippen LogP) is 2.27. The maximum atomic E-state index is 12.6. The molecule has 1 saturated heterocycles. The summed E-state index contributed by atoms with van der Waals surface area (Å²) < 4.78 is 31.8. The van der Waals surface area contributed by atoms with E-state index >= 15 is 0 Å². The van der Waals surface area contributed by atoms with E-state index in [1.165, 1.54) is 34.5 Å². The fourth-order valence-corrected chi connectivity index (χ4v) is 4.69. The Morgan fingerprint density at radius 3 is 2.57 bits per heavy atom. The molecule has 8 nitrogen and oxygen atoms in total. The van der Waals surface area contributed by atoms with E-state index in [-0.39, 0.29) is 10.8 Å². The molecule has 1 unspecified atom stereocenters. The minimum atomic E-state index is -3.58. The summed E-state index contributed by atoms with van der Waals surface area (Å²) in [7, 11) is -3.58. The van der Waals surface area contributed by atoms with Crippen LogP contribution in [-0.2, 0) is 19.6 Å². The van der Waals surface area contributed by atoms with Gasteiger partial charge in [0.1, 0.15) is 10.7 Å². The number of morpholine rings is 1. The number of aromatic nitrogens is 2. The molecule has 3 rings (SSSR count). The van der Waals surface area contributed by atoms with Crippen molar-refractivity contribution in [2.24, 2.45) is 0 Å².